The van der Waals surface area contributed by atoms with E-state index >= 15 is 0 Å². The fourth-order valence-electron chi connectivity index (χ4n) is 4.37. The first-order valence-electron chi connectivity index (χ1n) is 11.3. The number of aliphatic imine (C=N–C) groups is 1. The number of likely N-dealkylation sites (tertiary alicyclic amines) is 1. The van der Waals surface area contributed by atoms with Crippen molar-refractivity contribution in [2.75, 3.05) is 67.1 Å². The van der Waals surface area contributed by atoms with Gasteiger partial charge in [-0.05, 0) is 43.9 Å². The third-order valence-electron chi connectivity index (χ3n) is 6.29. The summed E-state index contributed by atoms with van der Waals surface area (Å²) in [5.41, 5.74) is 1.18. The smallest absolute Gasteiger partial charge is 0.239 e. The molecule has 0 saturated carbocycles. The predicted octanol–water partition coefficient (Wildman–Crippen LogP) is 1.45. The van der Waals surface area contributed by atoms with Crippen molar-refractivity contribution in [3.05, 3.63) is 23.8 Å². The molecule has 8 heteroatoms. The maximum Gasteiger partial charge on any atom is 0.239 e. The van der Waals surface area contributed by atoms with Gasteiger partial charge in [-0.15, -0.1) is 0 Å². The van der Waals surface area contributed by atoms with Crippen molar-refractivity contribution >= 4 is 11.9 Å². The Bertz CT molecular complexity index is 756. The Morgan fingerprint density at radius 2 is 1.71 bits per heavy atom. The summed E-state index contributed by atoms with van der Waals surface area (Å²) in [6, 6.07) is 5.97. The minimum absolute atomic E-state index is 0.0414. The zero-order valence-corrected chi connectivity index (χ0v) is 19.4. The number of ether oxygens (including phenoxy) is 2. The molecule has 0 aromatic heterocycles. The molecule has 2 aliphatic heterocycles. The maximum atomic E-state index is 12.7. The van der Waals surface area contributed by atoms with Crippen LogP contribution in [-0.2, 0) is 11.2 Å². The van der Waals surface area contributed by atoms with Crippen LogP contribution >= 0.6 is 0 Å². The first kappa shape index (κ1) is 23.2. The summed E-state index contributed by atoms with van der Waals surface area (Å²) < 4.78 is 10.7. The SMILES string of the molecule is CN=C(NCCc1ccc(OC)c(OC)c1)N1CCN(C(C)C(=O)N2CCCC2)CC1. The van der Waals surface area contributed by atoms with E-state index in [0.717, 1.165) is 82.5 Å². The average Bonchev–Trinajstić information content (AvgIpc) is 3.36. The minimum atomic E-state index is -0.0414. The lowest BCUT2D eigenvalue weighted by atomic mass is 10.1. The molecule has 1 aromatic carbocycles. The largest absolute Gasteiger partial charge is 0.493 e. The molecule has 2 saturated heterocycles. The number of rotatable bonds is 7. The third-order valence-corrected chi connectivity index (χ3v) is 6.29. The number of carbonyl (C=O) groups excluding carboxylic acids is 1. The van der Waals surface area contributed by atoms with Gasteiger partial charge in [0.25, 0.3) is 0 Å². The van der Waals surface area contributed by atoms with E-state index in [4.69, 9.17) is 9.47 Å². The van der Waals surface area contributed by atoms with Crippen LogP contribution in [0.15, 0.2) is 23.2 Å². The van der Waals surface area contributed by atoms with Crippen molar-refractivity contribution in [2.24, 2.45) is 4.99 Å². The van der Waals surface area contributed by atoms with E-state index in [9.17, 15) is 4.79 Å². The van der Waals surface area contributed by atoms with Crippen molar-refractivity contribution in [1.82, 2.24) is 20.0 Å². The molecule has 1 aromatic rings. The molecule has 1 N–H and O–H groups in total. The van der Waals surface area contributed by atoms with Crippen molar-refractivity contribution < 1.29 is 14.3 Å². The fourth-order valence-corrected chi connectivity index (χ4v) is 4.37. The minimum Gasteiger partial charge on any atom is -0.493 e. The van der Waals surface area contributed by atoms with Crippen LogP contribution in [0.5, 0.6) is 11.5 Å². The highest BCUT2D eigenvalue weighted by Crippen LogP contribution is 2.27. The molecule has 0 aliphatic carbocycles. The number of carbonyl (C=O) groups is 1. The summed E-state index contributed by atoms with van der Waals surface area (Å²) in [5.74, 6) is 2.69. The zero-order chi connectivity index (χ0) is 22.2. The lowest BCUT2D eigenvalue weighted by Crippen LogP contribution is -2.57. The first-order chi connectivity index (χ1) is 15.1. The Labute approximate surface area is 186 Å². The molecule has 3 rings (SSSR count). The predicted molar refractivity (Wildman–Crippen MR) is 123 cm³/mol. The molecular formula is C23H37N5O3. The standard InChI is InChI=1S/C23H37N5O3/c1-18(22(29)27-11-5-6-12-27)26-13-15-28(16-14-26)23(24-2)25-10-9-19-7-8-20(30-3)21(17-19)31-4/h7-8,17-18H,5-6,9-16H2,1-4H3,(H,24,25). The molecule has 8 nitrogen and oxygen atoms in total. The number of guanidine groups is 1. The molecule has 0 radical (unpaired) electrons. The second kappa shape index (κ2) is 11.2. The molecule has 1 atom stereocenters. The highest BCUT2D eigenvalue weighted by Gasteiger charge is 2.30. The van der Waals surface area contributed by atoms with Crippen molar-refractivity contribution in [2.45, 2.75) is 32.2 Å². The van der Waals surface area contributed by atoms with E-state index in [2.05, 4.69) is 26.2 Å². The lowest BCUT2D eigenvalue weighted by molar-refractivity contribution is -0.135. The van der Waals surface area contributed by atoms with Crippen LogP contribution < -0.4 is 14.8 Å². The number of piperazine rings is 1. The summed E-state index contributed by atoms with van der Waals surface area (Å²) in [5, 5.41) is 3.48. The molecule has 1 amide bonds. The van der Waals surface area contributed by atoms with E-state index in [1.54, 1.807) is 14.2 Å². The normalized spacial score (nSPS) is 18.8. The van der Waals surface area contributed by atoms with Crippen LogP contribution in [0.4, 0.5) is 0 Å². The Morgan fingerprint density at radius 1 is 1.03 bits per heavy atom. The number of hydrogen-bond acceptors (Lipinski definition) is 5. The summed E-state index contributed by atoms with van der Waals surface area (Å²) >= 11 is 0. The number of benzene rings is 1. The maximum absolute atomic E-state index is 12.7. The highest BCUT2D eigenvalue weighted by molar-refractivity contribution is 5.82. The van der Waals surface area contributed by atoms with Gasteiger partial charge in [0.1, 0.15) is 0 Å². The Morgan fingerprint density at radius 3 is 2.32 bits per heavy atom. The summed E-state index contributed by atoms with van der Waals surface area (Å²) in [4.78, 5) is 23.8. The molecule has 2 fully saturated rings. The average molecular weight is 432 g/mol. The molecule has 172 valence electrons. The highest BCUT2D eigenvalue weighted by atomic mass is 16.5. The third kappa shape index (κ3) is 5.81. The van der Waals surface area contributed by atoms with Gasteiger partial charge in [-0.2, -0.15) is 0 Å². The van der Waals surface area contributed by atoms with E-state index in [-0.39, 0.29) is 11.9 Å². The Hall–Kier alpha value is -2.48. The molecule has 31 heavy (non-hydrogen) atoms. The van der Waals surface area contributed by atoms with Crippen molar-refractivity contribution in [1.29, 1.82) is 0 Å². The number of methoxy groups -OCH3 is 2. The van der Waals surface area contributed by atoms with Gasteiger partial charge in [0, 0.05) is 52.9 Å². The fraction of sp³-hybridized carbons (Fsp3) is 0.652. The Balaban J connectivity index is 1.45. The van der Waals surface area contributed by atoms with Crippen LogP contribution in [0, 0.1) is 0 Å². The van der Waals surface area contributed by atoms with Crippen LogP contribution in [0.2, 0.25) is 0 Å². The number of amides is 1. The van der Waals surface area contributed by atoms with Gasteiger partial charge in [0.05, 0.1) is 20.3 Å². The number of hydrogen-bond donors (Lipinski definition) is 1. The van der Waals surface area contributed by atoms with Gasteiger partial charge in [-0.1, -0.05) is 6.07 Å². The number of nitrogens with one attached hydrogen (secondary N) is 1. The molecule has 0 spiro atoms. The molecule has 1 unspecified atom stereocenters. The monoisotopic (exact) mass is 431 g/mol. The number of nitrogens with zero attached hydrogens (tertiary/aromatic N) is 4. The van der Waals surface area contributed by atoms with Crippen LogP contribution in [-0.4, -0.2) is 99.7 Å². The lowest BCUT2D eigenvalue weighted by Gasteiger charge is -2.39. The zero-order valence-electron chi connectivity index (χ0n) is 19.4. The summed E-state index contributed by atoms with van der Waals surface area (Å²) in [6.45, 7) is 8.15. The van der Waals surface area contributed by atoms with Crippen LogP contribution in [0.25, 0.3) is 0 Å². The van der Waals surface area contributed by atoms with E-state index in [1.165, 1.54) is 5.56 Å². The van der Waals surface area contributed by atoms with E-state index in [1.807, 2.05) is 31.0 Å². The van der Waals surface area contributed by atoms with E-state index in [0.29, 0.717) is 0 Å². The molecular weight excluding hydrogens is 394 g/mol. The first-order valence-corrected chi connectivity index (χ1v) is 11.3. The van der Waals surface area contributed by atoms with Crippen LogP contribution in [0.1, 0.15) is 25.3 Å². The van der Waals surface area contributed by atoms with Gasteiger partial charge in [-0.25, -0.2) is 0 Å². The van der Waals surface area contributed by atoms with Gasteiger partial charge in [0.2, 0.25) is 5.91 Å². The molecule has 2 aliphatic rings. The van der Waals surface area contributed by atoms with Gasteiger partial charge >= 0.3 is 0 Å². The van der Waals surface area contributed by atoms with Crippen LogP contribution in [0.3, 0.4) is 0 Å². The van der Waals surface area contributed by atoms with Gasteiger partial charge < -0.3 is 24.6 Å². The summed E-state index contributed by atoms with van der Waals surface area (Å²) in [6.07, 6.45) is 3.13. The van der Waals surface area contributed by atoms with Gasteiger partial charge in [-0.3, -0.25) is 14.7 Å². The molecule has 2 heterocycles. The van der Waals surface area contributed by atoms with E-state index < -0.39 is 0 Å². The Kier molecular flexibility index (Phi) is 8.40. The van der Waals surface area contributed by atoms with Gasteiger partial charge in [0.15, 0.2) is 17.5 Å². The van der Waals surface area contributed by atoms with Crippen molar-refractivity contribution in [3.8, 4) is 11.5 Å². The quantitative estimate of drug-likeness (QED) is 0.521. The second-order valence-corrected chi connectivity index (χ2v) is 8.14. The second-order valence-electron chi connectivity index (χ2n) is 8.14. The van der Waals surface area contributed by atoms with Crippen molar-refractivity contribution in [3.63, 3.8) is 0 Å². The summed E-state index contributed by atoms with van der Waals surface area (Å²) in [7, 11) is 5.12. The molecule has 0 bridgehead atoms. The topological polar surface area (TPSA) is 69.6 Å².